The monoisotopic (exact) mass is 324 g/mol. The average molecular weight is 325 g/mol. The van der Waals surface area contributed by atoms with Gasteiger partial charge in [0, 0.05) is 4.47 Å². The minimum Gasteiger partial charge on any atom is -0.462 e. The number of halogens is 4. The molecule has 0 aliphatic rings. The number of carbonyl (C=O) groups is 1. The number of unbranched alkanes of at least 4 members (excludes halogenated alkanes) is 1. The summed E-state index contributed by atoms with van der Waals surface area (Å²) in [6.45, 7) is 2.03. The van der Waals surface area contributed by atoms with E-state index in [1.54, 1.807) is 0 Å². The molecule has 1 rings (SSSR count). The molecule has 0 heterocycles. The molecule has 0 fully saturated rings. The van der Waals surface area contributed by atoms with Crippen LogP contribution in [0.25, 0.3) is 0 Å². The first kappa shape index (κ1) is 15.0. The van der Waals surface area contributed by atoms with Gasteiger partial charge in [-0.25, -0.2) is 4.79 Å². The van der Waals surface area contributed by atoms with Crippen LogP contribution in [0.1, 0.15) is 35.7 Å². The van der Waals surface area contributed by atoms with Crippen molar-refractivity contribution in [3.63, 3.8) is 0 Å². The molecule has 0 saturated carbocycles. The van der Waals surface area contributed by atoms with Crippen LogP contribution in [-0.2, 0) is 10.9 Å². The molecule has 0 atom stereocenters. The molecule has 0 radical (unpaired) electrons. The van der Waals surface area contributed by atoms with Gasteiger partial charge in [-0.05, 0) is 24.6 Å². The molecule has 0 aromatic heterocycles. The summed E-state index contributed by atoms with van der Waals surface area (Å²) in [6, 6.07) is 3.36. The van der Waals surface area contributed by atoms with Crippen molar-refractivity contribution in [1.29, 1.82) is 0 Å². The lowest BCUT2D eigenvalue weighted by Crippen LogP contribution is -2.15. The van der Waals surface area contributed by atoms with Gasteiger partial charge >= 0.3 is 12.1 Å². The van der Waals surface area contributed by atoms with Crippen molar-refractivity contribution in [2.75, 3.05) is 6.61 Å². The molecule has 0 saturated heterocycles. The van der Waals surface area contributed by atoms with Gasteiger partial charge < -0.3 is 4.74 Å². The van der Waals surface area contributed by atoms with Gasteiger partial charge in [-0.3, -0.25) is 0 Å². The number of alkyl halides is 3. The summed E-state index contributed by atoms with van der Waals surface area (Å²) in [7, 11) is 0. The number of rotatable bonds is 4. The summed E-state index contributed by atoms with van der Waals surface area (Å²) in [4.78, 5) is 11.6. The number of benzene rings is 1. The third-order valence-corrected chi connectivity index (χ3v) is 2.73. The zero-order valence-corrected chi connectivity index (χ0v) is 11.3. The normalized spacial score (nSPS) is 11.4. The molecule has 0 N–H and O–H groups in total. The molecule has 0 bridgehead atoms. The lowest BCUT2D eigenvalue weighted by molar-refractivity contribution is -0.138. The van der Waals surface area contributed by atoms with Crippen LogP contribution < -0.4 is 0 Å². The van der Waals surface area contributed by atoms with Crippen LogP contribution in [0.4, 0.5) is 13.2 Å². The fourth-order valence-corrected chi connectivity index (χ4v) is 1.68. The highest BCUT2D eigenvalue weighted by molar-refractivity contribution is 9.10. The first-order chi connectivity index (χ1) is 8.36. The van der Waals surface area contributed by atoms with Crippen LogP contribution in [0.15, 0.2) is 22.7 Å². The van der Waals surface area contributed by atoms with Gasteiger partial charge in [0.25, 0.3) is 0 Å². The summed E-state index contributed by atoms with van der Waals surface area (Å²) in [6.07, 6.45) is -3.15. The van der Waals surface area contributed by atoms with Crippen LogP contribution in [0, 0.1) is 0 Å². The van der Waals surface area contributed by atoms with Crippen molar-refractivity contribution in [3.8, 4) is 0 Å². The number of esters is 1. The predicted molar refractivity (Wildman–Crippen MR) is 64.3 cm³/mol. The van der Waals surface area contributed by atoms with E-state index in [0.717, 1.165) is 18.6 Å². The van der Waals surface area contributed by atoms with Crippen LogP contribution >= 0.6 is 15.9 Å². The second-order valence-corrected chi connectivity index (χ2v) is 4.59. The van der Waals surface area contributed by atoms with Crippen LogP contribution in [-0.4, -0.2) is 12.6 Å². The molecule has 0 amide bonds. The van der Waals surface area contributed by atoms with E-state index in [2.05, 4.69) is 15.9 Å². The van der Waals surface area contributed by atoms with Crippen molar-refractivity contribution in [3.05, 3.63) is 33.8 Å². The van der Waals surface area contributed by atoms with E-state index in [4.69, 9.17) is 4.74 Å². The minimum atomic E-state index is -4.58. The van der Waals surface area contributed by atoms with Gasteiger partial charge in [0.1, 0.15) is 0 Å². The highest BCUT2D eigenvalue weighted by Gasteiger charge is 2.35. The van der Waals surface area contributed by atoms with Crippen LogP contribution in [0.2, 0.25) is 0 Å². The Hall–Kier alpha value is -1.04. The summed E-state index contributed by atoms with van der Waals surface area (Å²) in [5.74, 6) is -0.941. The second-order valence-electron chi connectivity index (χ2n) is 3.68. The van der Waals surface area contributed by atoms with Gasteiger partial charge in [-0.2, -0.15) is 13.2 Å². The summed E-state index contributed by atoms with van der Waals surface area (Å²) in [5.41, 5.74) is -1.44. The van der Waals surface area contributed by atoms with Crippen molar-refractivity contribution >= 4 is 21.9 Å². The molecule has 18 heavy (non-hydrogen) atoms. The Labute approximate surface area is 111 Å². The van der Waals surface area contributed by atoms with Crippen LogP contribution in [0.3, 0.4) is 0 Å². The Balaban J connectivity index is 2.97. The molecule has 1 aromatic rings. The minimum absolute atomic E-state index is 0.128. The first-order valence-electron chi connectivity index (χ1n) is 5.40. The molecule has 0 spiro atoms. The number of hydrogen-bond donors (Lipinski definition) is 0. The largest absolute Gasteiger partial charge is 0.462 e. The molecule has 0 aliphatic heterocycles. The zero-order chi connectivity index (χ0) is 13.8. The van der Waals surface area contributed by atoms with Gasteiger partial charge in [0.2, 0.25) is 0 Å². The maximum atomic E-state index is 12.7. The van der Waals surface area contributed by atoms with Gasteiger partial charge in [0.15, 0.2) is 0 Å². The lowest BCUT2D eigenvalue weighted by Gasteiger charge is -2.12. The van der Waals surface area contributed by atoms with Crippen LogP contribution in [0.5, 0.6) is 0 Å². The summed E-state index contributed by atoms with van der Waals surface area (Å²) >= 11 is 2.95. The molecular formula is C12H12BrF3O2. The fraction of sp³-hybridized carbons (Fsp3) is 0.417. The molecule has 100 valence electrons. The summed E-state index contributed by atoms with van der Waals surface area (Å²) < 4.78 is 43.3. The molecule has 6 heteroatoms. The van der Waals surface area contributed by atoms with Gasteiger partial charge in [-0.15, -0.1) is 0 Å². The molecule has 1 aromatic carbocycles. The van der Waals surface area contributed by atoms with E-state index in [1.807, 2.05) is 6.92 Å². The third kappa shape index (κ3) is 4.01. The van der Waals surface area contributed by atoms with Crippen molar-refractivity contribution < 1.29 is 22.7 Å². The number of carbonyl (C=O) groups excluding carboxylic acids is 1. The first-order valence-corrected chi connectivity index (χ1v) is 6.19. The highest BCUT2D eigenvalue weighted by Crippen LogP contribution is 2.34. The fourth-order valence-electron chi connectivity index (χ4n) is 1.32. The molecular weight excluding hydrogens is 313 g/mol. The Morgan fingerprint density at radius 3 is 2.61 bits per heavy atom. The van der Waals surface area contributed by atoms with E-state index in [0.29, 0.717) is 6.42 Å². The molecule has 0 aliphatic carbocycles. The van der Waals surface area contributed by atoms with E-state index < -0.39 is 23.3 Å². The van der Waals surface area contributed by atoms with Crippen molar-refractivity contribution in [2.24, 2.45) is 0 Å². The molecule has 2 nitrogen and oxygen atoms in total. The SMILES string of the molecule is CCCCOC(=O)c1ccc(Br)cc1C(F)(F)F. The standard InChI is InChI=1S/C12H12BrF3O2/c1-2-3-6-18-11(17)9-5-4-8(13)7-10(9)12(14,15)16/h4-5,7H,2-3,6H2,1H3. The zero-order valence-electron chi connectivity index (χ0n) is 9.68. The van der Waals surface area contributed by atoms with Gasteiger partial charge in [-0.1, -0.05) is 29.3 Å². The second kappa shape index (κ2) is 6.22. The predicted octanol–water partition coefficient (Wildman–Crippen LogP) is 4.42. The Kier molecular flexibility index (Phi) is 5.19. The van der Waals surface area contributed by atoms with E-state index in [1.165, 1.54) is 6.07 Å². The van der Waals surface area contributed by atoms with E-state index in [-0.39, 0.29) is 11.1 Å². The number of ether oxygens (including phenoxy) is 1. The van der Waals surface area contributed by atoms with E-state index in [9.17, 15) is 18.0 Å². The summed E-state index contributed by atoms with van der Waals surface area (Å²) in [5, 5.41) is 0. The Morgan fingerprint density at radius 2 is 2.06 bits per heavy atom. The smallest absolute Gasteiger partial charge is 0.417 e. The maximum absolute atomic E-state index is 12.7. The Bertz CT molecular complexity index is 430. The van der Waals surface area contributed by atoms with Crippen molar-refractivity contribution in [2.45, 2.75) is 25.9 Å². The molecule has 0 unspecified atom stereocenters. The third-order valence-electron chi connectivity index (χ3n) is 2.24. The maximum Gasteiger partial charge on any atom is 0.417 e. The topological polar surface area (TPSA) is 26.3 Å². The quantitative estimate of drug-likeness (QED) is 0.605. The number of hydrogen-bond acceptors (Lipinski definition) is 2. The Morgan fingerprint density at radius 1 is 1.39 bits per heavy atom. The van der Waals surface area contributed by atoms with Gasteiger partial charge in [0.05, 0.1) is 17.7 Å². The van der Waals surface area contributed by atoms with Crippen molar-refractivity contribution in [1.82, 2.24) is 0 Å². The average Bonchev–Trinajstić information content (AvgIpc) is 2.28. The lowest BCUT2D eigenvalue weighted by atomic mass is 10.1. The highest BCUT2D eigenvalue weighted by atomic mass is 79.9. The van der Waals surface area contributed by atoms with E-state index >= 15 is 0 Å².